The lowest BCUT2D eigenvalue weighted by Crippen LogP contribution is -2.08. The second-order valence-electron chi connectivity index (χ2n) is 4.78. The van der Waals surface area contributed by atoms with Gasteiger partial charge in [0.05, 0.1) is 7.11 Å². The minimum absolute atomic E-state index is 0.185. The van der Waals surface area contributed by atoms with Crippen LogP contribution in [0.25, 0.3) is 0 Å². The predicted octanol–water partition coefficient (Wildman–Crippen LogP) is 3.61. The van der Waals surface area contributed by atoms with Crippen LogP contribution in [0.4, 0.5) is 5.82 Å². The van der Waals surface area contributed by atoms with Gasteiger partial charge < -0.3 is 10.1 Å². The van der Waals surface area contributed by atoms with Crippen LogP contribution in [-0.2, 0) is 6.42 Å². The zero-order chi connectivity index (χ0) is 14.4. The molecule has 0 amide bonds. The number of rotatable bonds is 6. The molecule has 1 atom stereocenters. The van der Waals surface area contributed by atoms with Gasteiger partial charge in [-0.2, -0.15) is 0 Å². The Balaban J connectivity index is 2.06. The smallest absolute Gasteiger partial charge is 0.130 e. The van der Waals surface area contributed by atoms with Gasteiger partial charge in [0, 0.05) is 17.8 Å². The number of benzene rings is 1. The van der Waals surface area contributed by atoms with Gasteiger partial charge in [-0.25, -0.2) is 9.97 Å². The number of anilines is 1. The van der Waals surface area contributed by atoms with Crippen molar-refractivity contribution >= 4 is 5.82 Å². The van der Waals surface area contributed by atoms with Gasteiger partial charge in [-0.05, 0) is 31.0 Å². The minimum Gasteiger partial charge on any atom is -0.497 e. The van der Waals surface area contributed by atoms with Crippen LogP contribution in [0.15, 0.2) is 36.7 Å². The highest BCUT2D eigenvalue weighted by molar-refractivity contribution is 5.39. The quantitative estimate of drug-likeness (QED) is 0.872. The fourth-order valence-corrected chi connectivity index (χ4v) is 2.07. The van der Waals surface area contributed by atoms with Crippen LogP contribution in [0.1, 0.15) is 37.6 Å². The van der Waals surface area contributed by atoms with Crippen molar-refractivity contribution in [3.8, 4) is 5.75 Å². The Bertz CT molecular complexity index is 540. The van der Waals surface area contributed by atoms with Crippen LogP contribution in [0, 0.1) is 0 Å². The Morgan fingerprint density at radius 3 is 2.60 bits per heavy atom. The van der Waals surface area contributed by atoms with Crippen molar-refractivity contribution in [2.45, 2.75) is 32.7 Å². The van der Waals surface area contributed by atoms with Crippen molar-refractivity contribution in [3.63, 3.8) is 0 Å². The lowest BCUT2D eigenvalue weighted by Gasteiger charge is -2.15. The van der Waals surface area contributed by atoms with Gasteiger partial charge in [0.2, 0.25) is 0 Å². The maximum absolute atomic E-state index is 5.17. The fourth-order valence-electron chi connectivity index (χ4n) is 2.07. The summed E-state index contributed by atoms with van der Waals surface area (Å²) in [4.78, 5) is 8.54. The molecule has 0 aliphatic carbocycles. The summed E-state index contributed by atoms with van der Waals surface area (Å²) in [6.45, 7) is 4.26. The van der Waals surface area contributed by atoms with Crippen molar-refractivity contribution < 1.29 is 4.74 Å². The van der Waals surface area contributed by atoms with Gasteiger partial charge >= 0.3 is 0 Å². The number of ether oxygens (including phenoxy) is 1. The summed E-state index contributed by atoms with van der Waals surface area (Å²) in [5.74, 6) is 1.74. The Morgan fingerprint density at radius 2 is 1.95 bits per heavy atom. The minimum atomic E-state index is 0.185. The number of methoxy groups -OCH3 is 1. The van der Waals surface area contributed by atoms with Crippen LogP contribution >= 0.6 is 0 Å². The van der Waals surface area contributed by atoms with Crippen LogP contribution < -0.4 is 10.1 Å². The second-order valence-corrected chi connectivity index (χ2v) is 4.78. The van der Waals surface area contributed by atoms with E-state index in [-0.39, 0.29) is 6.04 Å². The standard InChI is InChI=1S/C16H21N3O/c1-4-5-14-10-16(18-11-17-14)19-12(2)13-6-8-15(20-3)9-7-13/h6-12H,4-5H2,1-3H3,(H,17,18,19). The first-order valence-electron chi connectivity index (χ1n) is 6.94. The van der Waals surface area contributed by atoms with Crippen LogP contribution in [-0.4, -0.2) is 17.1 Å². The van der Waals surface area contributed by atoms with E-state index in [2.05, 4.69) is 41.3 Å². The van der Waals surface area contributed by atoms with Gasteiger partial charge in [-0.15, -0.1) is 0 Å². The molecule has 0 fully saturated rings. The monoisotopic (exact) mass is 271 g/mol. The highest BCUT2D eigenvalue weighted by Gasteiger charge is 2.07. The molecular weight excluding hydrogens is 250 g/mol. The van der Waals surface area contributed by atoms with E-state index in [0.717, 1.165) is 30.1 Å². The van der Waals surface area contributed by atoms with Crippen molar-refractivity contribution in [1.29, 1.82) is 0 Å². The van der Waals surface area contributed by atoms with Crippen molar-refractivity contribution in [1.82, 2.24) is 9.97 Å². The van der Waals surface area contributed by atoms with E-state index in [1.165, 1.54) is 5.56 Å². The SMILES string of the molecule is CCCc1cc(NC(C)c2ccc(OC)cc2)ncn1. The lowest BCUT2D eigenvalue weighted by molar-refractivity contribution is 0.414. The molecule has 0 aliphatic rings. The average molecular weight is 271 g/mol. The second kappa shape index (κ2) is 6.89. The summed E-state index contributed by atoms with van der Waals surface area (Å²) in [6, 6.07) is 10.3. The molecule has 0 aliphatic heterocycles. The molecule has 2 rings (SSSR count). The summed E-state index contributed by atoms with van der Waals surface area (Å²) in [7, 11) is 1.67. The van der Waals surface area contributed by atoms with Gasteiger partial charge in [0.15, 0.2) is 0 Å². The van der Waals surface area contributed by atoms with Gasteiger partial charge in [-0.1, -0.05) is 25.5 Å². The third-order valence-corrected chi connectivity index (χ3v) is 3.21. The van der Waals surface area contributed by atoms with Crippen molar-refractivity contribution in [2.75, 3.05) is 12.4 Å². The topological polar surface area (TPSA) is 47.0 Å². The lowest BCUT2D eigenvalue weighted by atomic mass is 10.1. The zero-order valence-corrected chi connectivity index (χ0v) is 12.3. The molecule has 1 aromatic carbocycles. The molecule has 0 saturated carbocycles. The molecule has 1 unspecified atom stereocenters. The van der Waals surface area contributed by atoms with Gasteiger partial charge in [-0.3, -0.25) is 0 Å². The van der Waals surface area contributed by atoms with E-state index in [0.29, 0.717) is 0 Å². The van der Waals surface area contributed by atoms with Crippen molar-refractivity contribution in [3.05, 3.63) is 47.9 Å². The maximum atomic E-state index is 5.17. The van der Waals surface area contributed by atoms with E-state index in [1.807, 2.05) is 18.2 Å². The molecule has 4 heteroatoms. The molecule has 1 aromatic heterocycles. The number of aryl methyl sites for hydroxylation is 1. The number of aromatic nitrogens is 2. The molecule has 2 aromatic rings. The molecule has 0 spiro atoms. The molecule has 0 bridgehead atoms. The third-order valence-electron chi connectivity index (χ3n) is 3.21. The molecule has 4 nitrogen and oxygen atoms in total. The maximum Gasteiger partial charge on any atom is 0.130 e. The molecule has 0 saturated heterocycles. The number of hydrogen-bond donors (Lipinski definition) is 1. The molecular formula is C16H21N3O. The Hall–Kier alpha value is -2.10. The molecule has 1 N–H and O–H groups in total. The predicted molar refractivity (Wildman–Crippen MR) is 81.1 cm³/mol. The Labute approximate surface area is 120 Å². The van der Waals surface area contributed by atoms with Crippen molar-refractivity contribution in [2.24, 2.45) is 0 Å². The molecule has 20 heavy (non-hydrogen) atoms. The highest BCUT2D eigenvalue weighted by atomic mass is 16.5. The number of nitrogens with zero attached hydrogens (tertiary/aromatic N) is 2. The Kier molecular flexibility index (Phi) is 4.93. The largest absolute Gasteiger partial charge is 0.497 e. The van der Waals surface area contributed by atoms with Crippen LogP contribution in [0.2, 0.25) is 0 Å². The number of nitrogens with one attached hydrogen (secondary N) is 1. The third kappa shape index (κ3) is 3.70. The zero-order valence-electron chi connectivity index (χ0n) is 12.3. The summed E-state index contributed by atoms with van der Waals surface area (Å²) >= 11 is 0. The summed E-state index contributed by atoms with van der Waals surface area (Å²) in [5, 5.41) is 3.40. The Morgan fingerprint density at radius 1 is 1.20 bits per heavy atom. The van der Waals surface area contributed by atoms with E-state index in [4.69, 9.17) is 4.74 Å². The normalized spacial score (nSPS) is 11.9. The number of hydrogen-bond acceptors (Lipinski definition) is 4. The summed E-state index contributed by atoms with van der Waals surface area (Å²) in [6.07, 6.45) is 3.69. The van der Waals surface area contributed by atoms with E-state index in [1.54, 1.807) is 13.4 Å². The summed E-state index contributed by atoms with van der Waals surface area (Å²) < 4.78 is 5.17. The molecule has 0 radical (unpaired) electrons. The van der Waals surface area contributed by atoms with Crippen LogP contribution in [0.5, 0.6) is 5.75 Å². The first-order valence-corrected chi connectivity index (χ1v) is 6.94. The van der Waals surface area contributed by atoms with Crippen LogP contribution in [0.3, 0.4) is 0 Å². The fraction of sp³-hybridized carbons (Fsp3) is 0.375. The first kappa shape index (κ1) is 14.3. The van der Waals surface area contributed by atoms with E-state index in [9.17, 15) is 0 Å². The van der Waals surface area contributed by atoms with E-state index < -0.39 is 0 Å². The van der Waals surface area contributed by atoms with E-state index >= 15 is 0 Å². The molecule has 106 valence electrons. The summed E-state index contributed by atoms with van der Waals surface area (Å²) in [5.41, 5.74) is 2.27. The van der Waals surface area contributed by atoms with Gasteiger partial charge in [0.25, 0.3) is 0 Å². The highest BCUT2D eigenvalue weighted by Crippen LogP contribution is 2.20. The van der Waals surface area contributed by atoms with Gasteiger partial charge in [0.1, 0.15) is 17.9 Å². The first-order chi connectivity index (χ1) is 9.72. The average Bonchev–Trinajstić information content (AvgIpc) is 2.48. The molecule has 1 heterocycles.